The van der Waals surface area contributed by atoms with Crippen molar-refractivity contribution in [2.75, 3.05) is 5.75 Å². The number of phenolic OH excluding ortho intramolecular Hbond substituents is 1. The molecule has 0 aliphatic heterocycles. The Morgan fingerprint density at radius 2 is 1.90 bits per heavy atom. The van der Waals surface area contributed by atoms with Crippen LogP contribution in [0, 0.1) is 0 Å². The van der Waals surface area contributed by atoms with Gasteiger partial charge in [0.15, 0.2) is 11.0 Å². The van der Waals surface area contributed by atoms with Crippen LogP contribution in [0.3, 0.4) is 0 Å². The molecule has 0 saturated heterocycles. The van der Waals surface area contributed by atoms with E-state index in [1.807, 2.05) is 36.4 Å². The highest BCUT2D eigenvalue weighted by Crippen LogP contribution is 2.20. The number of aromatic amines is 1. The number of benzene rings is 3. The number of aromatic hydroxyl groups is 1. The van der Waals surface area contributed by atoms with Crippen LogP contribution in [-0.4, -0.2) is 28.0 Å². The van der Waals surface area contributed by atoms with Crippen LogP contribution in [-0.2, 0) is 11.3 Å². The predicted molar refractivity (Wildman–Crippen MR) is 126 cm³/mol. The minimum absolute atomic E-state index is 0.0932. The van der Waals surface area contributed by atoms with Gasteiger partial charge in [0.25, 0.3) is 5.91 Å². The first-order chi connectivity index (χ1) is 15.1. The Morgan fingerprint density at radius 1 is 1.13 bits per heavy atom. The summed E-state index contributed by atoms with van der Waals surface area (Å²) in [6.45, 7) is 0.703. The second-order valence-corrected chi connectivity index (χ2v) is 8.68. The van der Waals surface area contributed by atoms with E-state index in [0.29, 0.717) is 12.1 Å². The van der Waals surface area contributed by atoms with E-state index >= 15 is 0 Å². The third-order valence-electron chi connectivity index (χ3n) is 4.59. The summed E-state index contributed by atoms with van der Waals surface area (Å²) in [4.78, 5) is 15.7. The number of fused-ring (bicyclic) bond motifs is 1. The fraction of sp³-hybridized carbons (Fsp3) is 0.0870. The molecule has 0 fully saturated rings. The van der Waals surface area contributed by atoms with Crippen molar-refractivity contribution >= 4 is 50.8 Å². The van der Waals surface area contributed by atoms with Crippen LogP contribution < -0.4 is 9.99 Å². The number of thioether (sulfide) groups is 1. The lowest BCUT2D eigenvalue weighted by atomic mass is 10.2. The van der Waals surface area contributed by atoms with E-state index in [9.17, 15) is 9.90 Å². The Bertz CT molecular complexity index is 1240. The summed E-state index contributed by atoms with van der Waals surface area (Å²) in [5.74, 6) is 0.0555. The molecule has 4 aromatic rings. The number of amides is 1. The number of phenols is 1. The second-order valence-electron chi connectivity index (χ2n) is 6.80. The first-order valence-electron chi connectivity index (χ1n) is 9.58. The molecular formula is C23H20BrN4O2S+. The van der Waals surface area contributed by atoms with Crippen molar-refractivity contribution < 1.29 is 14.5 Å². The van der Waals surface area contributed by atoms with Crippen LogP contribution in [0.1, 0.15) is 11.1 Å². The summed E-state index contributed by atoms with van der Waals surface area (Å²) >= 11 is 4.76. The van der Waals surface area contributed by atoms with E-state index in [0.717, 1.165) is 20.7 Å². The first-order valence-corrected chi connectivity index (χ1v) is 11.4. The van der Waals surface area contributed by atoms with E-state index in [-0.39, 0.29) is 17.4 Å². The monoisotopic (exact) mass is 495 g/mol. The number of nitrogens with one attached hydrogen (secondary N) is 2. The number of hydrazone groups is 1. The molecule has 0 aliphatic rings. The van der Waals surface area contributed by atoms with E-state index in [1.54, 1.807) is 18.2 Å². The molecule has 0 saturated carbocycles. The van der Waals surface area contributed by atoms with Crippen molar-refractivity contribution in [2.24, 2.45) is 5.10 Å². The van der Waals surface area contributed by atoms with E-state index in [4.69, 9.17) is 0 Å². The quantitative estimate of drug-likeness (QED) is 0.155. The molecule has 0 bridgehead atoms. The van der Waals surface area contributed by atoms with Gasteiger partial charge in [0.2, 0.25) is 0 Å². The number of imidazole rings is 1. The molecule has 156 valence electrons. The van der Waals surface area contributed by atoms with Crippen molar-refractivity contribution in [3.63, 3.8) is 0 Å². The zero-order chi connectivity index (χ0) is 21.6. The molecule has 3 N–H and O–H groups in total. The highest BCUT2D eigenvalue weighted by Gasteiger charge is 2.20. The van der Waals surface area contributed by atoms with Gasteiger partial charge in [-0.05, 0) is 47.7 Å². The zero-order valence-corrected chi connectivity index (χ0v) is 18.9. The summed E-state index contributed by atoms with van der Waals surface area (Å²) in [5.41, 5.74) is 6.31. The van der Waals surface area contributed by atoms with Crippen molar-refractivity contribution in [3.8, 4) is 5.75 Å². The average Bonchev–Trinajstić information content (AvgIpc) is 3.13. The van der Waals surface area contributed by atoms with Crippen LogP contribution in [0.2, 0.25) is 0 Å². The van der Waals surface area contributed by atoms with E-state index in [1.165, 1.54) is 23.5 Å². The summed E-state index contributed by atoms with van der Waals surface area (Å²) in [6, 6.07) is 23.3. The normalized spacial score (nSPS) is 11.3. The summed E-state index contributed by atoms with van der Waals surface area (Å²) in [5, 5.41) is 14.7. The number of carbonyl (C=O) groups is 1. The molecule has 0 aliphatic carbocycles. The van der Waals surface area contributed by atoms with Gasteiger partial charge in [-0.15, -0.1) is 0 Å². The molecular weight excluding hydrogens is 476 g/mol. The Balaban J connectivity index is 1.44. The topological polar surface area (TPSA) is 81.4 Å². The van der Waals surface area contributed by atoms with Gasteiger partial charge < -0.3 is 5.11 Å². The lowest BCUT2D eigenvalue weighted by molar-refractivity contribution is -0.700. The Kier molecular flexibility index (Phi) is 6.69. The SMILES string of the molecule is O=C(CSc1[nH]c2ccccc2[n+]1Cc1ccccc1)N/N=C/c1cc(Br)ccc1O. The lowest BCUT2D eigenvalue weighted by Gasteiger charge is -2.03. The van der Waals surface area contributed by atoms with Crippen LogP contribution in [0.5, 0.6) is 5.75 Å². The fourth-order valence-corrected chi connectivity index (χ4v) is 4.32. The fourth-order valence-electron chi connectivity index (χ4n) is 3.11. The van der Waals surface area contributed by atoms with Crippen LogP contribution in [0.25, 0.3) is 11.0 Å². The highest BCUT2D eigenvalue weighted by atomic mass is 79.9. The van der Waals surface area contributed by atoms with Crippen LogP contribution >= 0.6 is 27.7 Å². The summed E-state index contributed by atoms with van der Waals surface area (Å²) in [7, 11) is 0. The lowest BCUT2D eigenvalue weighted by Crippen LogP contribution is -2.36. The smallest absolute Gasteiger partial charge is 0.317 e. The van der Waals surface area contributed by atoms with Gasteiger partial charge in [-0.3, -0.25) is 4.79 Å². The van der Waals surface area contributed by atoms with Crippen LogP contribution in [0.4, 0.5) is 0 Å². The number of H-pyrrole nitrogens is 1. The maximum absolute atomic E-state index is 12.3. The molecule has 0 spiro atoms. The number of aromatic nitrogens is 2. The molecule has 0 unspecified atom stereocenters. The van der Waals surface area contributed by atoms with Gasteiger partial charge in [-0.1, -0.05) is 58.4 Å². The molecule has 0 radical (unpaired) electrons. The number of carbonyl (C=O) groups excluding carboxylic acids is 1. The largest absolute Gasteiger partial charge is 0.507 e. The number of halogens is 1. The Morgan fingerprint density at radius 3 is 2.74 bits per heavy atom. The number of hydrogen-bond donors (Lipinski definition) is 3. The second kappa shape index (κ2) is 9.80. The molecule has 31 heavy (non-hydrogen) atoms. The number of para-hydroxylation sites is 2. The van der Waals surface area contributed by atoms with Crippen molar-refractivity contribution in [1.82, 2.24) is 10.4 Å². The predicted octanol–water partition coefficient (Wildman–Crippen LogP) is 4.21. The molecule has 1 amide bonds. The van der Waals surface area contributed by atoms with Crippen LogP contribution in [0.15, 0.2) is 87.5 Å². The molecule has 4 rings (SSSR count). The molecule has 8 heteroatoms. The summed E-state index contributed by atoms with van der Waals surface area (Å²) < 4.78 is 2.99. The van der Waals surface area contributed by atoms with Gasteiger partial charge >= 0.3 is 5.16 Å². The average molecular weight is 496 g/mol. The molecule has 0 atom stereocenters. The van der Waals surface area contributed by atoms with Gasteiger partial charge in [0.1, 0.15) is 12.3 Å². The Labute approximate surface area is 192 Å². The van der Waals surface area contributed by atoms with E-state index < -0.39 is 0 Å². The van der Waals surface area contributed by atoms with Crippen molar-refractivity contribution in [2.45, 2.75) is 11.7 Å². The number of hydrogen-bond acceptors (Lipinski definition) is 4. The number of rotatable bonds is 7. The van der Waals surface area contributed by atoms with Crippen molar-refractivity contribution in [3.05, 3.63) is 88.4 Å². The molecule has 3 aromatic carbocycles. The maximum Gasteiger partial charge on any atom is 0.317 e. The third kappa shape index (κ3) is 5.34. The molecule has 1 heterocycles. The standard InChI is InChI=1S/C23H19BrN4O2S/c24-18-10-11-21(29)17(12-18)13-25-27-22(30)15-31-23-26-19-8-4-5-9-20(19)28(23)14-16-6-2-1-3-7-16/h1-13H,14-15H2,(H2,25,27,29,30)/p+1. The first kappa shape index (κ1) is 21.1. The Hall–Kier alpha value is -3.10. The zero-order valence-electron chi connectivity index (χ0n) is 16.5. The minimum atomic E-state index is -0.236. The van der Waals surface area contributed by atoms with Gasteiger partial charge in [-0.25, -0.2) is 15.0 Å². The highest BCUT2D eigenvalue weighted by molar-refractivity contribution is 9.10. The third-order valence-corrected chi connectivity index (χ3v) is 6.08. The van der Waals surface area contributed by atoms with Gasteiger partial charge in [-0.2, -0.15) is 5.10 Å². The summed E-state index contributed by atoms with van der Waals surface area (Å²) in [6.07, 6.45) is 1.42. The molecule has 6 nitrogen and oxygen atoms in total. The van der Waals surface area contributed by atoms with E-state index in [2.05, 4.69) is 54.2 Å². The van der Waals surface area contributed by atoms with Crippen molar-refractivity contribution in [1.29, 1.82) is 0 Å². The van der Waals surface area contributed by atoms with Gasteiger partial charge in [0, 0.05) is 10.0 Å². The van der Waals surface area contributed by atoms with Gasteiger partial charge in [0.05, 0.1) is 12.0 Å². The number of nitrogens with zero attached hydrogens (tertiary/aromatic N) is 2. The molecule has 1 aromatic heterocycles. The maximum atomic E-state index is 12.3. The minimum Gasteiger partial charge on any atom is -0.507 e.